The van der Waals surface area contributed by atoms with Crippen LogP contribution in [0.25, 0.3) is 0 Å². The molecule has 0 radical (unpaired) electrons. The first kappa shape index (κ1) is 17.9. The van der Waals surface area contributed by atoms with E-state index in [-0.39, 0.29) is 36.8 Å². The quantitative estimate of drug-likeness (QED) is 0.648. The maximum Gasteiger partial charge on any atom is 0.307 e. The lowest BCUT2D eigenvalue weighted by Crippen LogP contribution is -2.27. The van der Waals surface area contributed by atoms with Gasteiger partial charge in [-0.05, 0) is 43.7 Å². The molecule has 0 spiro atoms. The first-order chi connectivity index (χ1) is 11.6. The number of methoxy groups -OCH3 is 1. The van der Waals surface area contributed by atoms with Crippen molar-refractivity contribution in [2.24, 2.45) is 0 Å². The van der Waals surface area contributed by atoms with Gasteiger partial charge >= 0.3 is 5.97 Å². The van der Waals surface area contributed by atoms with E-state index in [2.05, 4.69) is 20.7 Å². The number of hydrogen-bond donors (Lipinski definition) is 3. The summed E-state index contributed by atoms with van der Waals surface area (Å²) in [6.07, 6.45) is 2.72. The van der Waals surface area contributed by atoms with Crippen LogP contribution in [0.15, 0.2) is 24.3 Å². The van der Waals surface area contributed by atoms with Crippen LogP contribution in [0, 0.1) is 0 Å². The number of hydrogen-bond acceptors (Lipinski definition) is 5. The molecule has 0 bridgehead atoms. The van der Waals surface area contributed by atoms with Crippen LogP contribution in [0.5, 0.6) is 0 Å². The molecule has 1 unspecified atom stereocenters. The minimum atomic E-state index is -0.370. The summed E-state index contributed by atoms with van der Waals surface area (Å²) >= 11 is 0. The van der Waals surface area contributed by atoms with Crippen molar-refractivity contribution in [1.82, 2.24) is 10.6 Å². The molecule has 7 nitrogen and oxygen atoms in total. The third-order valence-corrected chi connectivity index (χ3v) is 3.87. The molecule has 1 aromatic carbocycles. The molecule has 1 saturated heterocycles. The van der Waals surface area contributed by atoms with E-state index in [0.717, 1.165) is 19.4 Å². The summed E-state index contributed by atoms with van der Waals surface area (Å²) in [7, 11) is 1.31. The minimum absolute atomic E-state index is 0.0373. The van der Waals surface area contributed by atoms with Gasteiger partial charge in [0.15, 0.2) is 0 Å². The predicted octanol–water partition coefficient (Wildman–Crippen LogP) is 1.06. The molecule has 1 aromatic rings. The fourth-order valence-corrected chi connectivity index (χ4v) is 2.55. The van der Waals surface area contributed by atoms with Gasteiger partial charge in [-0.15, -0.1) is 0 Å². The van der Waals surface area contributed by atoms with Crippen LogP contribution in [0.3, 0.4) is 0 Å². The lowest BCUT2D eigenvalue weighted by atomic mass is 10.1. The second kappa shape index (κ2) is 9.02. The zero-order valence-corrected chi connectivity index (χ0v) is 13.8. The summed E-state index contributed by atoms with van der Waals surface area (Å²) in [5.74, 6) is -0.679. The molecule has 0 aromatic heterocycles. The van der Waals surface area contributed by atoms with Gasteiger partial charge in [0.1, 0.15) is 0 Å². The van der Waals surface area contributed by atoms with Gasteiger partial charge in [-0.3, -0.25) is 14.4 Å². The number of ether oxygens (including phenoxy) is 1. The van der Waals surface area contributed by atoms with Gasteiger partial charge in [0.2, 0.25) is 5.91 Å². The lowest BCUT2D eigenvalue weighted by Gasteiger charge is -2.11. The second-order valence-corrected chi connectivity index (χ2v) is 5.70. The fraction of sp³-hybridized carbons (Fsp3) is 0.471. The van der Waals surface area contributed by atoms with Crippen molar-refractivity contribution in [1.29, 1.82) is 0 Å². The molecule has 3 N–H and O–H groups in total. The van der Waals surface area contributed by atoms with Crippen LogP contribution in [-0.2, 0) is 14.3 Å². The van der Waals surface area contributed by atoms with Gasteiger partial charge < -0.3 is 20.7 Å². The Morgan fingerprint density at radius 1 is 1.25 bits per heavy atom. The predicted molar refractivity (Wildman–Crippen MR) is 89.7 cm³/mol. The molecular formula is C17H23N3O4. The summed E-state index contributed by atoms with van der Waals surface area (Å²) in [5, 5.41) is 8.75. The molecule has 2 amide bonds. The van der Waals surface area contributed by atoms with E-state index in [4.69, 9.17) is 0 Å². The minimum Gasteiger partial charge on any atom is -0.469 e. The SMILES string of the molecule is COC(=O)CCNC(=O)c1ccc(NC(=O)CC2CCCN2)cc1. The lowest BCUT2D eigenvalue weighted by molar-refractivity contribution is -0.140. The second-order valence-electron chi connectivity index (χ2n) is 5.70. The van der Waals surface area contributed by atoms with Crippen molar-refractivity contribution >= 4 is 23.5 Å². The molecular weight excluding hydrogens is 310 g/mol. The van der Waals surface area contributed by atoms with Crippen molar-refractivity contribution in [2.45, 2.75) is 31.7 Å². The van der Waals surface area contributed by atoms with Crippen molar-refractivity contribution in [3.63, 3.8) is 0 Å². The summed E-state index contributed by atoms with van der Waals surface area (Å²) in [4.78, 5) is 34.8. The summed E-state index contributed by atoms with van der Waals surface area (Å²) in [5.41, 5.74) is 1.12. The van der Waals surface area contributed by atoms with Gasteiger partial charge in [-0.2, -0.15) is 0 Å². The van der Waals surface area contributed by atoms with Crippen LogP contribution in [0.2, 0.25) is 0 Å². The third-order valence-electron chi connectivity index (χ3n) is 3.87. The number of amides is 2. The molecule has 1 aliphatic heterocycles. The first-order valence-corrected chi connectivity index (χ1v) is 8.07. The zero-order chi connectivity index (χ0) is 17.4. The highest BCUT2D eigenvalue weighted by molar-refractivity contribution is 5.96. The van der Waals surface area contributed by atoms with Crippen LogP contribution in [0.1, 0.15) is 36.0 Å². The van der Waals surface area contributed by atoms with Gasteiger partial charge in [0.25, 0.3) is 5.91 Å². The number of carbonyl (C=O) groups excluding carboxylic acids is 3. The Balaban J connectivity index is 1.78. The normalized spacial score (nSPS) is 16.5. The molecule has 1 aliphatic rings. The average Bonchev–Trinajstić information content (AvgIpc) is 3.08. The molecule has 1 heterocycles. The Hall–Kier alpha value is -2.41. The number of esters is 1. The molecule has 24 heavy (non-hydrogen) atoms. The van der Waals surface area contributed by atoms with E-state index in [1.165, 1.54) is 7.11 Å². The molecule has 130 valence electrons. The number of benzene rings is 1. The van der Waals surface area contributed by atoms with E-state index >= 15 is 0 Å². The Morgan fingerprint density at radius 3 is 2.62 bits per heavy atom. The molecule has 2 rings (SSSR count). The van der Waals surface area contributed by atoms with Crippen LogP contribution >= 0.6 is 0 Å². The Labute approximate surface area is 141 Å². The van der Waals surface area contributed by atoms with Crippen LogP contribution < -0.4 is 16.0 Å². The van der Waals surface area contributed by atoms with Crippen molar-refractivity contribution < 1.29 is 19.1 Å². The molecule has 1 atom stereocenters. The number of anilines is 1. The van der Waals surface area contributed by atoms with Crippen LogP contribution in [0.4, 0.5) is 5.69 Å². The monoisotopic (exact) mass is 333 g/mol. The fourth-order valence-electron chi connectivity index (χ4n) is 2.55. The van der Waals surface area contributed by atoms with Gasteiger partial charge in [0, 0.05) is 30.3 Å². The van der Waals surface area contributed by atoms with Crippen LogP contribution in [-0.4, -0.2) is 44.0 Å². The van der Waals surface area contributed by atoms with E-state index < -0.39 is 0 Å². The molecule has 1 fully saturated rings. The zero-order valence-electron chi connectivity index (χ0n) is 13.8. The summed E-state index contributed by atoms with van der Waals surface area (Å²) < 4.78 is 4.50. The van der Waals surface area contributed by atoms with Gasteiger partial charge in [-0.1, -0.05) is 0 Å². The Kier molecular flexibility index (Phi) is 6.74. The van der Waals surface area contributed by atoms with Gasteiger partial charge in [0.05, 0.1) is 13.5 Å². The van der Waals surface area contributed by atoms with E-state index in [1.807, 2.05) is 0 Å². The Morgan fingerprint density at radius 2 is 2.00 bits per heavy atom. The van der Waals surface area contributed by atoms with Crippen molar-refractivity contribution in [3.8, 4) is 0 Å². The van der Waals surface area contributed by atoms with Crippen molar-refractivity contribution in [3.05, 3.63) is 29.8 Å². The van der Waals surface area contributed by atoms with E-state index in [9.17, 15) is 14.4 Å². The van der Waals surface area contributed by atoms with Gasteiger partial charge in [-0.25, -0.2) is 0 Å². The maximum absolute atomic E-state index is 11.9. The largest absolute Gasteiger partial charge is 0.469 e. The highest BCUT2D eigenvalue weighted by Gasteiger charge is 2.17. The summed E-state index contributed by atoms with van der Waals surface area (Å²) in [6.45, 7) is 1.19. The molecule has 0 saturated carbocycles. The highest BCUT2D eigenvalue weighted by atomic mass is 16.5. The highest BCUT2D eigenvalue weighted by Crippen LogP contribution is 2.13. The topological polar surface area (TPSA) is 96.5 Å². The number of carbonyl (C=O) groups is 3. The average molecular weight is 333 g/mol. The number of rotatable bonds is 7. The molecule has 0 aliphatic carbocycles. The first-order valence-electron chi connectivity index (χ1n) is 8.07. The Bertz CT molecular complexity index is 580. The maximum atomic E-state index is 11.9. The third kappa shape index (κ3) is 5.66. The standard InChI is InChI=1S/C17H23N3O4/c1-24-16(22)8-10-19-17(23)12-4-6-13(7-5-12)20-15(21)11-14-3-2-9-18-14/h4-7,14,18H,2-3,8-11H2,1H3,(H,19,23)(H,20,21). The van der Waals surface area contributed by atoms with E-state index in [0.29, 0.717) is 17.7 Å². The van der Waals surface area contributed by atoms with E-state index in [1.54, 1.807) is 24.3 Å². The summed E-state index contributed by atoms with van der Waals surface area (Å²) in [6, 6.07) is 6.91. The smallest absolute Gasteiger partial charge is 0.307 e. The number of nitrogens with one attached hydrogen (secondary N) is 3. The van der Waals surface area contributed by atoms with Crippen molar-refractivity contribution in [2.75, 3.05) is 25.5 Å². The molecule has 7 heteroatoms.